The molecule has 3 amide bonds. The fourth-order valence-corrected chi connectivity index (χ4v) is 3.07. The maximum absolute atomic E-state index is 12.5. The van der Waals surface area contributed by atoms with E-state index in [0.717, 1.165) is 18.4 Å². The van der Waals surface area contributed by atoms with Crippen molar-refractivity contribution in [3.8, 4) is 0 Å². The summed E-state index contributed by atoms with van der Waals surface area (Å²) in [6, 6.07) is 13.8. The predicted molar refractivity (Wildman–Crippen MR) is 102 cm³/mol. The maximum atomic E-state index is 12.5. The first-order valence-electron chi connectivity index (χ1n) is 9.12. The van der Waals surface area contributed by atoms with Crippen LogP contribution in [-0.2, 0) is 0 Å². The zero-order chi connectivity index (χ0) is 19.4. The highest BCUT2D eigenvalue weighted by molar-refractivity contribution is 6.22. The topological polar surface area (TPSA) is 92.5 Å². The molecular weight excluding hydrogens is 342 g/mol. The Morgan fingerprint density at radius 3 is 2.48 bits per heavy atom. The number of carbonyl (C=O) groups is 3. The second-order valence-corrected chi connectivity index (χ2v) is 6.60. The SMILES string of the molecule is CCCCN1C(=O)c2ccc(C(=O)NCC(N)c3ccccc3)cc2C1=O. The van der Waals surface area contributed by atoms with Crippen LogP contribution in [0.5, 0.6) is 0 Å². The molecule has 0 saturated heterocycles. The Morgan fingerprint density at radius 2 is 1.78 bits per heavy atom. The van der Waals surface area contributed by atoms with Crippen molar-refractivity contribution in [1.82, 2.24) is 10.2 Å². The molecule has 1 unspecified atom stereocenters. The molecule has 1 atom stereocenters. The Bertz CT molecular complexity index is 864. The van der Waals surface area contributed by atoms with Gasteiger partial charge in [0.05, 0.1) is 11.1 Å². The fraction of sp³-hybridized carbons (Fsp3) is 0.286. The molecule has 27 heavy (non-hydrogen) atoms. The van der Waals surface area contributed by atoms with E-state index in [1.165, 1.54) is 11.0 Å². The number of amides is 3. The Balaban J connectivity index is 1.69. The molecule has 0 aromatic heterocycles. The van der Waals surface area contributed by atoms with Gasteiger partial charge in [0.25, 0.3) is 17.7 Å². The van der Waals surface area contributed by atoms with Gasteiger partial charge in [-0.2, -0.15) is 0 Å². The highest BCUT2D eigenvalue weighted by Gasteiger charge is 2.35. The molecule has 0 aliphatic carbocycles. The van der Waals surface area contributed by atoms with Crippen LogP contribution in [-0.4, -0.2) is 35.7 Å². The maximum Gasteiger partial charge on any atom is 0.261 e. The number of benzene rings is 2. The monoisotopic (exact) mass is 365 g/mol. The average Bonchev–Trinajstić information content (AvgIpc) is 2.94. The van der Waals surface area contributed by atoms with Gasteiger partial charge in [-0.05, 0) is 30.2 Å². The van der Waals surface area contributed by atoms with Gasteiger partial charge in [-0.15, -0.1) is 0 Å². The number of rotatable bonds is 7. The van der Waals surface area contributed by atoms with E-state index in [4.69, 9.17) is 5.73 Å². The molecule has 0 fully saturated rings. The van der Waals surface area contributed by atoms with Crippen molar-refractivity contribution in [2.45, 2.75) is 25.8 Å². The van der Waals surface area contributed by atoms with Gasteiger partial charge in [-0.1, -0.05) is 43.7 Å². The second-order valence-electron chi connectivity index (χ2n) is 6.60. The Morgan fingerprint density at radius 1 is 1.07 bits per heavy atom. The number of imide groups is 1. The lowest BCUT2D eigenvalue weighted by atomic mass is 10.0. The summed E-state index contributed by atoms with van der Waals surface area (Å²) in [5.41, 5.74) is 8.01. The molecule has 1 aliphatic rings. The van der Waals surface area contributed by atoms with Gasteiger partial charge in [-0.3, -0.25) is 19.3 Å². The van der Waals surface area contributed by atoms with E-state index >= 15 is 0 Å². The van der Waals surface area contributed by atoms with Crippen LogP contribution in [0.1, 0.15) is 62.4 Å². The highest BCUT2D eigenvalue weighted by Crippen LogP contribution is 2.24. The van der Waals surface area contributed by atoms with Crippen LogP contribution in [0.25, 0.3) is 0 Å². The van der Waals surface area contributed by atoms with E-state index in [9.17, 15) is 14.4 Å². The van der Waals surface area contributed by atoms with Crippen LogP contribution in [0.3, 0.4) is 0 Å². The Labute approximate surface area is 158 Å². The molecule has 0 spiro atoms. The lowest BCUT2D eigenvalue weighted by Gasteiger charge is -2.13. The summed E-state index contributed by atoms with van der Waals surface area (Å²) in [5.74, 6) is -0.947. The number of nitrogens with zero attached hydrogens (tertiary/aromatic N) is 1. The largest absolute Gasteiger partial charge is 0.350 e. The minimum absolute atomic E-state index is 0.273. The third-order valence-corrected chi connectivity index (χ3v) is 4.68. The number of carbonyl (C=O) groups excluding carboxylic acids is 3. The van der Waals surface area contributed by atoms with E-state index in [0.29, 0.717) is 17.7 Å². The summed E-state index contributed by atoms with van der Waals surface area (Å²) in [5, 5.41) is 2.79. The smallest absolute Gasteiger partial charge is 0.261 e. The minimum Gasteiger partial charge on any atom is -0.350 e. The number of hydrogen-bond acceptors (Lipinski definition) is 4. The van der Waals surface area contributed by atoms with Gasteiger partial charge in [0.1, 0.15) is 0 Å². The minimum atomic E-state index is -0.334. The molecule has 6 heteroatoms. The van der Waals surface area contributed by atoms with E-state index in [1.54, 1.807) is 12.1 Å². The summed E-state index contributed by atoms with van der Waals surface area (Å²) in [6.45, 7) is 2.67. The molecule has 1 aliphatic heterocycles. The first kappa shape index (κ1) is 18.8. The van der Waals surface area contributed by atoms with Crippen LogP contribution in [0, 0.1) is 0 Å². The Hall–Kier alpha value is -2.99. The number of hydrogen-bond donors (Lipinski definition) is 2. The van der Waals surface area contributed by atoms with Gasteiger partial charge in [0.2, 0.25) is 0 Å². The quantitative estimate of drug-likeness (QED) is 0.738. The summed E-state index contributed by atoms with van der Waals surface area (Å²) in [4.78, 5) is 38.5. The van der Waals surface area contributed by atoms with Crippen molar-refractivity contribution in [3.05, 3.63) is 70.8 Å². The van der Waals surface area contributed by atoms with E-state index in [1.807, 2.05) is 37.3 Å². The molecular formula is C21H23N3O3. The van der Waals surface area contributed by atoms with Gasteiger partial charge in [0.15, 0.2) is 0 Å². The molecule has 2 aromatic carbocycles. The number of nitrogens with two attached hydrogens (primary N) is 1. The van der Waals surface area contributed by atoms with Crippen molar-refractivity contribution in [2.75, 3.05) is 13.1 Å². The summed E-state index contributed by atoms with van der Waals surface area (Å²) in [6.07, 6.45) is 1.65. The second kappa shape index (κ2) is 8.14. The molecule has 3 rings (SSSR count). The number of unbranched alkanes of at least 4 members (excludes halogenated alkanes) is 1. The first-order chi connectivity index (χ1) is 13.0. The van der Waals surface area contributed by atoms with Gasteiger partial charge in [-0.25, -0.2) is 0 Å². The molecule has 140 valence electrons. The van der Waals surface area contributed by atoms with Crippen molar-refractivity contribution in [1.29, 1.82) is 0 Å². The van der Waals surface area contributed by atoms with E-state index in [2.05, 4.69) is 5.32 Å². The highest BCUT2D eigenvalue weighted by atomic mass is 16.2. The molecule has 1 heterocycles. The number of nitrogens with one attached hydrogen (secondary N) is 1. The van der Waals surface area contributed by atoms with Gasteiger partial charge < -0.3 is 11.1 Å². The molecule has 0 bridgehead atoms. The third-order valence-electron chi connectivity index (χ3n) is 4.68. The van der Waals surface area contributed by atoms with Gasteiger partial charge >= 0.3 is 0 Å². The predicted octanol–water partition coefficient (Wildman–Crippen LogP) is 2.51. The summed E-state index contributed by atoms with van der Waals surface area (Å²) >= 11 is 0. The third kappa shape index (κ3) is 3.90. The first-order valence-corrected chi connectivity index (χ1v) is 9.12. The molecule has 2 aromatic rings. The van der Waals surface area contributed by atoms with Crippen molar-refractivity contribution < 1.29 is 14.4 Å². The van der Waals surface area contributed by atoms with Crippen LogP contribution >= 0.6 is 0 Å². The lowest BCUT2D eigenvalue weighted by Crippen LogP contribution is -2.32. The fourth-order valence-electron chi connectivity index (χ4n) is 3.07. The standard InChI is InChI=1S/C21H23N3O3/c1-2-3-11-24-20(26)16-10-9-15(12-17(16)21(24)27)19(25)23-13-18(22)14-7-5-4-6-8-14/h4-10,12,18H,2-3,11,13,22H2,1H3,(H,23,25). The Kier molecular flexibility index (Phi) is 5.66. The lowest BCUT2D eigenvalue weighted by molar-refractivity contribution is 0.0652. The van der Waals surface area contributed by atoms with Gasteiger partial charge in [0, 0.05) is 24.7 Å². The van der Waals surface area contributed by atoms with Crippen LogP contribution < -0.4 is 11.1 Å². The molecule has 0 radical (unpaired) electrons. The molecule has 0 saturated carbocycles. The van der Waals surface area contributed by atoms with Crippen LogP contribution in [0.2, 0.25) is 0 Å². The van der Waals surface area contributed by atoms with Crippen molar-refractivity contribution in [3.63, 3.8) is 0 Å². The van der Waals surface area contributed by atoms with Crippen molar-refractivity contribution >= 4 is 17.7 Å². The number of fused-ring (bicyclic) bond motifs is 1. The summed E-state index contributed by atoms with van der Waals surface area (Å²) < 4.78 is 0. The van der Waals surface area contributed by atoms with Crippen molar-refractivity contribution in [2.24, 2.45) is 5.73 Å². The summed E-state index contributed by atoms with van der Waals surface area (Å²) in [7, 11) is 0. The normalized spacial score (nSPS) is 14.2. The molecule has 6 nitrogen and oxygen atoms in total. The zero-order valence-electron chi connectivity index (χ0n) is 15.3. The van der Waals surface area contributed by atoms with Crippen LogP contribution in [0.15, 0.2) is 48.5 Å². The average molecular weight is 365 g/mol. The molecule has 3 N–H and O–H groups in total. The van der Waals surface area contributed by atoms with E-state index in [-0.39, 0.29) is 35.9 Å². The van der Waals surface area contributed by atoms with Crippen LogP contribution in [0.4, 0.5) is 0 Å². The van der Waals surface area contributed by atoms with E-state index < -0.39 is 0 Å². The zero-order valence-corrected chi connectivity index (χ0v) is 15.3.